The lowest BCUT2D eigenvalue weighted by atomic mass is 9.83. The van der Waals surface area contributed by atoms with Crippen molar-refractivity contribution in [3.8, 4) is 0 Å². The van der Waals surface area contributed by atoms with Crippen LogP contribution in [0, 0.1) is 11.8 Å². The van der Waals surface area contributed by atoms with Gasteiger partial charge in [0.05, 0.1) is 13.2 Å². The zero-order valence-corrected chi connectivity index (χ0v) is 21.9. The zero-order valence-electron chi connectivity index (χ0n) is 19.6. The molecule has 0 aromatic heterocycles. The summed E-state index contributed by atoms with van der Waals surface area (Å²) in [6, 6.07) is 11.6. The molecule has 0 radical (unpaired) electrons. The topological polar surface area (TPSA) is 49.3 Å². The second-order valence-corrected chi connectivity index (χ2v) is 9.29. The minimum absolute atomic E-state index is 0. The Labute approximate surface area is 211 Å². The van der Waals surface area contributed by atoms with Crippen LogP contribution in [0.15, 0.2) is 35.3 Å². The summed E-state index contributed by atoms with van der Waals surface area (Å²) < 4.78 is 11.2. The van der Waals surface area contributed by atoms with Crippen molar-refractivity contribution in [3.63, 3.8) is 0 Å². The summed E-state index contributed by atoms with van der Waals surface area (Å²) in [5, 5.41) is 3.57. The maximum atomic E-state index is 5.83. The number of guanidine groups is 1. The third-order valence-corrected chi connectivity index (χ3v) is 7.05. The number of ether oxygens (including phenoxy) is 2. The third kappa shape index (κ3) is 7.30. The summed E-state index contributed by atoms with van der Waals surface area (Å²) in [4.78, 5) is 9.78. The second-order valence-electron chi connectivity index (χ2n) is 9.29. The van der Waals surface area contributed by atoms with Gasteiger partial charge in [0.1, 0.15) is 0 Å². The van der Waals surface area contributed by atoms with Crippen molar-refractivity contribution in [2.75, 3.05) is 59.7 Å². The lowest BCUT2D eigenvalue weighted by molar-refractivity contribution is 0.0372. The molecule has 1 aromatic carbocycles. The predicted octanol–water partition coefficient (Wildman–Crippen LogP) is 3.61. The summed E-state index contributed by atoms with van der Waals surface area (Å²) in [6.45, 7) is 8.84. The highest BCUT2D eigenvalue weighted by molar-refractivity contribution is 14.0. The molecule has 3 saturated heterocycles. The number of benzene rings is 1. The Morgan fingerprint density at radius 1 is 1.19 bits per heavy atom. The number of likely N-dealkylation sites (tertiary alicyclic amines) is 2. The summed E-state index contributed by atoms with van der Waals surface area (Å²) in [5.41, 5.74) is 1.44. The quantitative estimate of drug-likeness (QED) is 0.230. The number of fused-ring (bicyclic) bond motifs is 1. The van der Waals surface area contributed by atoms with Crippen LogP contribution in [0.1, 0.15) is 37.7 Å². The van der Waals surface area contributed by atoms with Gasteiger partial charge in [-0.2, -0.15) is 0 Å². The molecule has 7 heteroatoms. The lowest BCUT2D eigenvalue weighted by Gasteiger charge is -2.48. The average Bonchev–Trinajstić information content (AvgIpc) is 3.33. The number of hydrogen-bond acceptors (Lipinski definition) is 4. The Kier molecular flexibility index (Phi) is 11.0. The van der Waals surface area contributed by atoms with Crippen LogP contribution in [-0.4, -0.2) is 81.5 Å². The van der Waals surface area contributed by atoms with E-state index in [1.165, 1.54) is 31.4 Å². The second kappa shape index (κ2) is 13.7. The van der Waals surface area contributed by atoms with Gasteiger partial charge in [-0.3, -0.25) is 9.89 Å². The predicted molar refractivity (Wildman–Crippen MR) is 141 cm³/mol. The summed E-state index contributed by atoms with van der Waals surface area (Å²) in [6.07, 6.45) is 6.02. The van der Waals surface area contributed by atoms with Gasteiger partial charge in [0.2, 0.25) is 0 Å². The monoisotopic (exact) mass is 556 g/mol. The minimum Gasteiger partial charge on any atom is -0.381 e. The van der Waals surface area contributed by atoms with Gasteiger partial charge in [0, 0.05) is 58.4 Å². The first-order chi connectivity index (χ1) is 15.3. The molecule has 4 rings (SSSR count). The summed E-state index contributed by atoms with van der Waals surface area (Å²) in [7, 11) is 1.91. The molecule has 0 amide bonds. The maximum absolute atomic E-state index is 5.83. The van der Waals surface area contributed by atoms with Crippen molar-refractivity contribution < 1.29 is 9.47 Å². The van der Waals surface area contributed by atoms with Crippen LogP contribution >= 0.6 is 24.0 Å². The molecule has 3 aliphatic rings. The van der Waals surface area contributed by atoms with E-state index in [9.17, 15) is 0 Å². The van der Waals surface area contributed by atoms with Gasteiger partial charge >= 0.3 is 0 Å². The standard InChI is InChI=1S/C25H40N4O2.HI/c1-26-25(27-12-6-15-30-19-22-11-16-31-20-22)29-14-10-24-23(18-29)9-5-13-28(24)17-21-7-3-2-4-8-21;/h2-4,7-8,22-24H,5-6,9-20H2,1H3,(H,26,27);1H. The van der Waals surface area contributed by atoms with Gasteiger partial charge in [-0.1, -0.05) is 30.3 Å². The smallest absolute Gasteiger partial charge is 0.193 e. The molecule has 1 aromatic rings. The molecular formula is C25H41IN4O2. The van der Waals surface area contributed by atoms with Gasteiger partial charge in [0.25, 0.3) is 0 Å². The SMILES string of the molecule is CN=C(NCCCOCC1CCOC1)N1CCC2C(CCCN2Cc2ccccc2)C1.I. The Hall–Kier alpha value is -0.900. The van der Waals surface area contributed by atoms with Crippen LogP contribution in [-0.2, 0) is 16.0 Å². The largest absolute Gasteiger partial charge is 0.381 e. The number of nitrogens with one attached hydrogen (secondary N) is 1. The van der Waals surface area contributed by atoms with Crippen LogP contribution in [0.3, 0.4) is 0 Å². The number of piperidine rings is 2. The molecule has 3 heterocycles. The zero-order chi connectivity index (χ0) is 21.3. The molecule has 3 unspecified atom stereocenters. The van der Waals surface area contributed by atoms with Crippen LogP contribution in [0.2, 0.25) is 0 Å². The Bertz CT molecular complexity index is 684. The van der Waals surface area contributed by atoms with E-state index in [1.54, 1.807) is 0 Å². The normalized spacial score (nSPS) is 26.5. The number of nitrogens with zero attached hydrogens (tertiary/aromatic N) is 3. The van der Waals surface area contributed by atoms with Crippen molar-refractivity contribution >= 4 is 29.9 Å². The van der Waals surface area contributed by atoms with Crippen molar-refractivity contribution in [3.05, 3.63) is 35.9 Å². The molecule has 3 atom stereocenters. The lowest BCUT2D eigenvalue weighted by Crippen LogP contribution is -2.56. The molecule has 0 bridgehead atoms. The Morgan fingerprint density at radius 3 is 2.84 bits per heavy atom. The van der Waals surface area contributed by atoms with Gasteiger partial charge in [-0.05, 0) is 50.1 Å². The first-order valence-corrected chi connectivity index (χ1v) is 12.2. The minimum atomic E-state index is 0. The highest BCUT2D eigenvalue weighted by Crippen LogP contribution is 2.31. The molecule has 0 aliphatic carbocycles. The summed E-state index contributed by atoms with van der Waals surface area (Å²) >= 11 is 0. The van der Waals surface area contributed by atoms with Gasteiger partial charge < -0.3 is 19.7 Å². The molecule has 0 spiro atoms. The molecule has 32 heavy (non-hydrogen) atoms. The molecule has 0 saturated carbocycles. The van der Waals surface area contributed by atoms with Crippen LogP contribution < -0.4 is 5.32 Å². The van der Waals surface area contributed by atoms with E-state index < -0.39 is 0 Å². The molecule has 1 N–H and O–H groups in total. The first-order valence-electron chi connectivity index (χ1n) is 12.2. The molecule has 180 valence electrons. The highest BCUT2D eigenvalue weighted by atomic mass is 127. The van der Waals surface area contributed by atoms with Crippen molar-refractivity contribution in [1.29, 1.82) is 0 Å². The van der Waals surface area contributed by atoms with Crippen molar-refractivity contribution in [1.82, 2.24) is 15.1 Å². The van der Waals surface area contributed by atoms with E-state index in [0.29, 0.717) is 12.0 Å². The Morgan fingerprint density at radius 2 is 2.06 bits per heavy atom. The van der Waals surface area contributed by atoms with Gasteiger partial charge in [-0.25, -0.2) is 0 Å². The number of halogens is 1. The van der Waals surface area contributed by atoms with Crippen LogP contribution in [0.5, 0.6) is 0 Å². The molecule has 6 nitrogen and oxygen atoms in total. The van der Waals surface area contributed by atoms with Crippen LogP contribution in [0.25, 0.3) is 0 Å². The molecular weight excluding hydrogens is 515 g/mol. The number of rotatable bonds is 8. The van der Waals surface area contributed by atoms with E-state index in [-0.39, 0.29) is 24.0 Å². The first kappa shape index (κ1) is 25.7. The fourth-order valence-corrected chi connectivity index (χ4v) is 5.38. The number of aliphatic imine (C=N–C) groups is 1. The van der Waals surface area contributed by atoms with Crippen molar-refractivity contribution in [2.45, 2.75) is 44.7 Å². The fourth-order valence-electron chi connectivity index (χ4n) is 5.38. The Balaban J connectivity index is 0.00000289. The van der Waals surface area contributed by atoms with E-state index >= 15 is 0 Å². The average molecular weight is 557 g/mol. The van der Waals surface area contributed by atoms with E-state index in [0.717, 1.165) is 77.3 Å². The molecule has 3 fully saturated rings. The maximum Gasteiger partial charge on any atom is 0.193 e. The fraction of sp³-hybridized carbons (Fsp3) is 0.720. The number of hydrogen-bond donors (Lipinski definition) is 1. The van der Waals surface area contributed by atoms with E-state index in [4.69, 9.17) is 9.47 Å². The van der Waals surface area contributed by atoms with E-state index in [2.05, 4.69) is 50.4 Å². The van der Waals surface area contributed by atoms with Gasteiger partial charge in [-0.15, -0.1) is 24.0 Å². The third-order valence-electron chi connectivity index (χ3n) is 7.05. The van der Waals surface area contributed by atoms with Crippen LogP contribution in [0.4, 0.5) is 0 Å². The van der Waals surface area contributed by atoms with Crippen molar-refractivity contribution in [2.24, 2.45) is 16.8 Å². The summed E-state index contributed by atoms with van der Waals surface area (Å²) in [5.74, 6) is 2.39. The molecule has 3 aliphatic heterocycles. The van der Waals surface area contributed by atoms with Gasteiger partial charge in [0.15, 0.2) is 5.96 Å². The van der Waals surface area contributed by atoms with E-state index in [1.807, 2.05) is 7.05 Å². The highest BCUT2D eigenvalue weighted by Gasteiger charge is 2.36.